The van der Waals surface area contributed by atoms with Crippen molar-refractivity contribution in [3.05, 3.63) is 152 Å². The Balaban J connectivity index is 1.04. The highest BCUT2D eigenvalue weighted by atomic mass is 16.3. The monoisotopic (exact) mass is 627 g/mol. The van der Waals surface area contributed by atoms with E-state index in [9.17, 15) is 0 Å². The maximum absolute atomic E-state index is 6.50. The first-order valence-electron chi connectivity index (χ1n) is 16.4. The summed E-state index contributed by atoms with van der Waals surface area (Å²) < 4.78 is 15.1. The molecule has 5 nitrogen and oxygen atoms in total. The predicted octanol–water partition coefficient (Wildman–Crippen LogP) is 11.9. The number of hydrogen-bond donors (Lipinski definition) is 0. The molecule has 0 saturated carbocycles. The number of para-hydroxylation sites is 2. The summed E-state index contributed by atoms with van der Waals surface area (Å²) in [4.78, 5) is 9.82. The Morgan fingerprint density at radius 3 is 2.20 bits per heavy atom. The fraction of sp³-hybridized carbons (Fsp3) is 0. The quantitative estimate of drug-likeness (QED) is 0.196. The van der Waals surface area contributed by atoms with E-state index in [4.69, 9.17) is 18.8 Å². The zero-order valence-electron chi connectivity index (χ0n) is 26.1. The lowest BCUT2D eigenvalue weighted by Crippen LogP contribution is -1.94. The normalized spacial score (nSPS) is 12.1. The number of benzene rings is 7. The summed E-state index contributed by atoms with van der Waals surface area (Å²) in [6.07, 6.45) is 1.85. The van der Waals surface area contributed by atoms with Crippen molar-refractivity contribution < 1.29 is 8.83 Å². The van der Waals surface area contributed by atoms with Crippen molar-refractivity contribution in [2.24, 2.45) is 0 Å². The van der Waals surface area contributed by atoms with Crippen LogP contribution in [0.25, 0.3) is 105 Å². The van der Waals surface area contributed by atoms with E-state index < -0.39 is 0 Å². The number of hydrogen-bond acceptors (Lipinski definition) is 4. The second-order valence-corrected chi connectivity index (χ2v) is 12.6. The lowest BCUT2D eigenvalue weighted by atomic mass is 10.0. The number of rotatable bonds is 3. The maximum Gasteiger partial charge on any atom is 0.246 e. The highest BCUT2D eigenvalue weighted by molar-refractivity contribution is 6.24. The van der Waals surface area contributed by atoms with Gasteiger partial charge in [0.2, 0.25) is 5.71 Å². The molecule has 0 bridgehead atoms. The van der Waals surface area contributed by atoms with E-state index in [1.54, 1.807) is 0 Å². The predicted molar refractivity (Wildman–Crippen MR) is 199 cm³/mol. The fourth-order valence-electron chi connectivity index (χ4n) is 7.63. The largest absolute Gasteiger partial charge is 0.455 e. The Labute approximate surface area is 279 Å². The van der Waals surface area contributed by atoms with E-state index >= 15 is 0 Å². The van der Waals surface area contributed by atoms with Gasteiger partial charge in [-0.25, -0.2) is 9.97 Å². The van der Waals surface area contributed by atoms with Gasteiger partial charge >= 0.3 is 0 Å². The Morgan fingerprint density at radius 1 is 0.490 bits per heavy atom. The molecule has 0 N–H and O–H groups in total. The minimum atomic E-state index is 0.543. The van der Waals surface area contributed by atoms with Crippen LogP contribution in [-0.2, 0) is 0 Å². The molecular formula is C44H25N3O2. The summed E-state index contributed by atoms with van der Waals surface area (Å²) in [5.41, 5.74) is 11.2. The molecule has 11 aromatic rings. The third kappa shape index (κ3) is 3.81. The minimum absolute atomic E-state index is 0.543. The summed E-state index contributed by atoms with van der Waals surface area (Å²) >= 11 is 0. The molecule has 0 amide bonds. The Kier molecular flexibility index (Phi) is 5.32. The highest BCUT2D eigenvalue weighted by Crippen LogP contribution is 2.41. The third-order valence-corrected chi connectivity index (χ3v) is 9.85. The molecule has 7 aromatic carbocycles. The van der Waals surface area contributed by atoms with Gasteiger partial charge in [-0.1, -0.05) is 97.1 Å². The van der Waals surface area contributed by atoms with Crippen LogP contribution in [0.1, 0.15) is 0 Å². The van der Waals surface area contributed by atoms with Gasteiger partial charge in [0.25, 0.3) is 0 Å². The van der Waals surface area contributed by atoms with Gasteiger partial charge in [0.05, 0.1) is 33.7 Å². The van der Waals surface area contributed by atoms with Crippen molar-refractivity contribution in [2.75, 3.05) is 0 Å². The van der Waals surface area contributed by atoms with Crippen molar-refractivity contribution in [3.63, 3.8) is 0 Å². The highest BCUT2D eigenvalue weighted by Gasteiger charge is 2.19. The Bertz CT molecular complexity index is 3130. The second kappa shape index (κ2) is 9.89. The summed E-state index contributed by atoms with van der Waals surface area (Å²) in [5.74, 6) is 0. The molecule has 5 heteroatoms. The standard InChI is InChI=1S/C44H25N3O2/c1-2-14-31-26(9-1)19-22-39-41(31)42-44(49-39)46-35(25-45-42)29-12-7-10-27(23-29)28-11-8-13-30(24-28)47-36-17-5-3-16-34(36)40-37(47)21-20-33-32-15-4-6-18-38(32)48-43(33)40/h1-25H. The van der Waals surface area contributed by atoms with E-state index in [1.165, 1.54) is 5.39 Å². The van der Waals surface area contributed by atoms with E-state index in [2.05, 4.69) is 120 Å². The van der Waals surface area contributed by atoms with Crippen molar-refractivity contribution >= 4 is 76.7 Å². The van der Waals surface area contributed by atoms with E-state index in [-0.39, 0.29) is 0 Å². The fourth-order valence-corrected chi connectivity index (χ4v) is 7.63. The van der Waals surface area contributed by atoms with Gasteiger partial charge in [0.1, 0.15) is 22.3 Å². The van der Waals surface area contributed by atoms with Gasteiger partial charge in [-0.2, -0.15) is 0 Å². The number of furan rings is 2. The van der Waals surface area contributed by atoms with Crippen molar-refractivity contribution in [3.8, 4) is 28.1 Å². The molecule has 0 unspecified atom stereocenters. The second-order valence-electron chi connectivity index (χ2n) is 12.6. The molecule has 0 atom stereocenters. The smallest absolute Gasteiger partial charge is 0.246 e. The summed E-state index contributed by atoms with van der Waals surface area (Å²) in [7, 11) is 0. The maximum atomic E-state index is 6.50. The van der Waals surface area contributed by atoms with E-state index in [1.807, 2.05) is 36.5 Å². The van der Waals surface area contributed by atoms with Crippen LogP contribution >= 0.6 is 0 Å². The van der Waals surface area contributed by atoms with Crippen LogP contribution < -0.4 is 0 Å². The van der Waals surface area contributed by atoms with E-state index in [0.29, 0.717) is 5.71 Å². The molecular weight excluding hydrogens is 603 g/mol. The average Bonchev–Trinajstić information content (AvgIpc) is 3.84. The topological polar surface area (TPSA) is 57.0 Å². The van der Waals surface area contributed by atoms with Crippen LogP contribution in [0.2, 0.25) is 0 Å². The number of aromatic nitrogens is 3. The van der Waals surface area contributed by atoms with Crippen molar-refractivity contribution in [2.45, 2.75) is 0 Å². The Morgan fingerprint density at radius 2 is 1.27 bits per heavy atom. The van der Waals surface area contributed by atoms with Gasteiger partial charge in [-0.3, -0.25) is 0 Å². The molecule has 0 aliphatic carbocycles. The molecule has 11 rings (SSSR count). The SMILES string of the molecule is c1cc(-c2cccc(-n3c4ccccc4c4c5oc6ccccc6c5ccc43)c2)cc(-c2cnc3c(n2)oc2ccc4ccccc4c23)c1. The first-order chi connectivity index (χ1) is 24.3. The van der Waals surface area contributed by atoms with Crippen LogP contribution in [0.15, 0.2) is 161 Å². The molecule has 0 saturated heterocycles. The molecule has 0 spiro atoms. The third-order valence-electron chi connectivity index (χ3n) is 9.85. The molecule has 228 valence electrons. The first kappa shape index (κ1) is 26.4. The zero-order valence-corrected chi connectivity index (χ0v) is 26.1. The molecule has 0 radical (unpaired) electrons. The number of nitrogens with zero attached hydrogens (tertiary/aromatic N) is 3. The molecule has 49 heavy (non-hydrogen) atoms. The number of fused-ring (bicyclic) bond motifs is 12. The molecule has 0 aliphatic rings. The van der Waals surface area contributed by atoms with Gasteiger partial charge in [0, 0.05) is 27.4 Å². The summed E-state index contributed by atoms with van der Waals surface area (Å²) in [6.45, 7) is 0. The zero-order chi connectivity index (χ0) is 32.1. The molecule has 4 heterocycles. The van der Waals surface area contributed by atoms with Gasteiger partial charge in [-0.15, -0.1) is 0 Å². The molecule has 0 aliphatic heterocycles. The average molecular weight is 628 g/mol. The van der Waals surface area contributed by atoms with Crippen LogP contribution in [0.3, 0.4) is 0 Å². The molecule has 4 aromatic heterocycles. The van der Waals surface area contributed by atoms with Gasteiger partial charge in [-0.05, 0) is 70.4 Å². The first-order valence-corrected chi connectivity index (χ1v) is 16.4. The Hall–Kier alpha value is -6.72. The van der Waals surface area contributed by atoms with Crippen molar-refractivity contribution in [1.29, 1.82) is 0 Å². The van der Waals surface area contributed by atoms with Gasteiger partial charge in [0.15, 0.2) is 0 Å². The van der Waals surface area contributed by atoms with Crippen LogP contribution in [0.5, 0.6) is 0 Å². The van der Waals surface area contributed by atoms with Crippen LogP contribution in [0.4, 0.5) is 0 Å². The van der Waals surface area contributed by atoms with Crippen LogP contribution in [0, 0.1) is 0 Å². The molecule has 0 fully saturated rings. The summed E-state index contributed by atoms with van der Waals surface area (Å²) in [5, 5.41) is 7.84. The lowest BCUT2D eigenvalue weighted by molar-refractivity contribution is 0.654. The van der Waals surface area contributed by atoms with Gasteiger partial charge < -0.3 is 13.4 Å². The van der Waals surface area contributed by atoms with Crippen molar-refractivity contribution in [1.82, 2.24) is 14.5 Å². The summed E-state index contributed by atoms with van der Waals surface area (Å²) in [6, 6.07) is 50.8. The minimum Gasteiger partial charge on any atom is -0.455 e. The van der Waals surface area contributed by atoms with Crippen LogP contribution in [-0.4, -0.2) is 14.5 Å². The van der Waals surface area contributed by atoms with E-state index in [0.717, 1.165) is 93.7 Å². The lowest BCUT2D eigenvalue weighted by Gasteiger charge is -2.11.